The largest absolute Gasteiger partial charge is 0.344 e. The van der Waals surface area contributed by atoms with Crippen LogP contribution in [0.5, 0.6) is 0 Å². The minimum atomic E-state index is -0.427. The molecule has 1 heterocycles. The zero-order valence-corrected chi connectivity index (χ0v) is 14.5. The summed E-state index contributed by atoms with van der Waals surface area (Å²) in [6.45, 7) is 5.44. The van der Waals surface area contributed by atoms with E-state index >= 15 is 0 Å². The molecule has 0 aliphatic carbocycles. The van der Waals surface area contributed by atoms with Gasteiger partial charge < -0.3 is 15.2 Å². The van der Waals surface area contributed by atoms with Gasteiger partial charge >= 0.3 is 0 Å². The number of halogens is 1. The number of amides is 2. The SMILES string of the molecule is CC[C@H](NC(=O)CC(=O)Nc1ccc(C)c(Cl)c1)c1nc(C)no1. The minimum Gasteiger partial charge on any atom is -0.344 e. The van der Waals surface area contributed by atoms with Crippen LogP contribution in [-0.2, 0) is 9.59 Å². The second-order valence-corrected chi connectivity index (χ2v) is 5.80. The predicted molar refractivity (Wildman–Crippen MR) is 89.6 cm³/mol. The molecule has 1 aromatic heterocycles. The number of hydrogen-bond acceptors (Lipinski definition) is 5. The molecule has 0 aliphatic rings. The third kappa shape index (κ3) is 4.79. The molecule has 0 bridgehead atoms. The van der Waals surface area contributed by atoms with Gasteiger partial charge in [-0.3, -0.25) is 9.59 Å². The molecule has 0 unspecified atom stereocenters. The first kappa shape index (κ1) is 17.9. The molecule has 1 aromatic carbocycles. The molecule has 0 radical (unpaired) electrons. The molecule has 128 valence electrons. The van der Waals surface area contributed by atoms with Gasteiger partial charge in [-0.2, -0.15) is 4.98 Å². The van der Waals surface area contributed by atoms with Crippen LogP contribution in [0.2, 0.25) is 5.02 Å². The summed E-state index contributed by atoms with van der Waals surface area (Å²) in [5, 5.41) is 9.60. The third-order valence-corrected chi connectivity index (χ3v) is 3.77. The molecule has 2 aromatic rings. The first-order valence-corrected chi connectivity index (χ1v) is 7.92. The molecule has 1 atom stereocenters. The fourth-order valence-electron chi connectivity index (χ4n) is 2.06. The maximum absolute atomic E-state index is 12.0. The Morgan fingerprint density at radius 1 is 1.29 bits per heavy atom. The van der Waals surface area contributed by atoms with E-state index in [-0.39, 0.29) is 6.42 Å². The Morgan fingerprint density at radius 3 is 2.62 bits per heavy atom. The Hall–Kier alpha value is -2.41. The van der Waals surface area contributed by atoms with Crippen molar-refractivity contribution in [3.8, 4) is 0 Å². The summed E-state index contributed by atoms with van der Waals surface area (Å²) >= 11 is 6.01. The second kappa shape index (κ2) is 7.92. The number of nitrogens with one attached hydrogen (secondary N) is 2. The Balaban J connectivity index is 1.90. The van der Waals surface area contributed by atoms with Crippen molar-refractivity contribution in [1.82, 2.24) is 15.5 Å². The van der Waals surface area contributed by atoms with Crippen molar-refractivity contribution in [2.75, 3.05) is 5.32 Å². The quantitative estimate of drug-likeness (QED) is 0.781. The number of hydrogen-bond donors (Lipinski definition) is 2. The highest BCUT2D eigenvalue weighted by atomic mass is 35.5. The van der Waals surface area contributed by atoms with E-state index in [1.54, 1.807) is 25.1 Å². The van der Waals surface area contributed by atoms with Gasteiger partial charge in [-0.15, -0.1) is 0 Å². The van der Waals surface area contributed by atoms with Crippen molar-refractivity contribution in [2.24, 2.45) is 0 Å². The lowest BCUT2D eigenvalue weighted by molar-refractivity contribution is -0.127. The fourth-order valence-corrected chi connectivity index (χ4v) is 2.24. The van der Waals surface area contributed by atoms with Crippen LogP contribution < -0.4 is 10.6 Å². The van der Waals surface area contributed by atoms with Gasteiger partial charge in [0.15, 0.2) is 5.82 Å². The third-order valence-electron chi connectivity index (χ3n) is 3.36. The van der Waals surface area contributed by atoms with E-state index in [4.69, 9.17) is 16.1 Å². The van der Waals surface area contributed by atoms with Gasteiger partial charge in [0.05, 0.1) is 0 Å². The number of anilines is 1. The van der Waals surface area contributed by atoms with Crippen LogP contribution in [0.4, 0.5) is 5.69 Å². The fraction of sp³-hybridized carbons (Fsp3) is 0.375. The monoisotopic (exact) mass is 350 g/mol. The van der Waals surface area contributed by atoms with Crippen molar-refractivity contribution in [3.63, 3.8) is 0 Å². The molecule has 2 N–H and O–H groups in total. The van der Waals surface area contributed by atoms with Crippen molar-refractivity contribution in [2.45, 2.75) is 39.7 Å². The smallest absolute Gasteiger partial charge is 0.249 e. The Morgan fingerprint density at radius 2 is 2.04 bits per heavy atom. The molecule has 7 nitrogen and oxygen atoms in total. The zero-order valence-electron chi connectivity index (χ0n) is 13.7. The number of benzene rings is 1. The van der Waals surface area contributed by atoms with E-state index in [1.165, 1.54) is 0 Å². The Labute approximate surface area is 144 Å². The molecule has 2 amide bonds. The lowest BCUT2D eigenvalue weighted by atomic mass is 10.2. The standard InChI is InChI=1S/C16H19ClN4O3/c1-4-13(16-18-10(3)21-24-16)20-15(23)8-14(22)19-11-6-5-9(2)12(17)7-11/h5-7,13H,4,8H2,1-3H3,(H,19,22)(H,20,23)/t13-/m0/s1. The zero-order chi connectivity index (χ0) is 17.7. The lowest BCUT2D eigenvalue weighted by Crippen LogP contribution is -2.31. The van der Waals surface area contributed by atoms with Crippen molar-refractivity contribution < 1.29 is 14.1 Å². The van der Waals surface area contributed by atoms with Crippen LogP contribution in [0.3, 0.4) is 0 Å². The normalized spacial score (nSPS) is 11.8. The number of carbonyl (C=O) groups excluding carboxylic acids is 2. The van der Waals surface area contributed by atoms with E-state index in [9.17, 15) is 9.59 Å². The van der Waals surface area contributed by atoms with Crippen LogP contribution in [0, 0.1) is 13.8 Å². The molecular formula is C16H19ClN4O3. The molecular weight excluding hydrogens is 332 g/mol. The topological polar surface area (TPSA) is 97.1 Å². The molecule has 8 heteroatoms. The molecule has 0 saturated heterocycles. The highest BCUT2D eigenvalue weighted by Gasteiger charge is 2.20. The second-order valence-electron chi connectivity index (χ2n) is 5.40. The van der Waals surface area contributed by atoms with E-state index in [1.807, 2.05) is 13.8 Å². The van der Waals surface area contributed by atoms with Gasteiger partial charge in [-0.05, 0) is 38.0 Å². The van der Waals surface area contributed by atoms with E-state index < -0.39 is 17.9 Å². The van der Waals surface area contributed by atoms with Gasteiger partial charge in [0.2, 0.25) is 17.7 Å². The highest BCUT2D eigenvalue weighted by Crippen LogP contribution is 2.20. The summed E-state index contributed by atoms with van der Waals surface area (Å²) in [4.78, 5) is 28.1. The average Bonchev–Trinajstić information content (AvgIpc) is 2.94. The Kier molecular flexibility index (Phi) is 5.92. The van der Waals surface area contributed by atoms with Crippen LogP contribution >= 0.6 is 11.6 Å². The average molecular weight is 351 g/mol. The van der Waals surface area contributed by atoms with Gasteiger partial charge in [0.1, 0.15) is 12.5 Å². The van der Waals surface area contributed by atoms with Gasteiger partial charge in [0, 0.05) is 10.7 Å². The summed E-state index contributed by atoms with van der Waals surface area (Å²) in [5.74, 6) is -0.0295. The van der Waals surface area contributed by atoms with E-state index in [0.717, 1.165) is 5.56 Å². The van der Waals surface area contributed by atoms with E-state index in [0.29, 0.717) is 28.8 Å². The molecule has 24 heavy (non-hydrogen) atoms. The van der Waals surface area contributed by atoms with Crippen LogP contribution in [0.25, 0.3) is 0 Å². The molecule has 2 rings (SSSR count). The van der Waals surface area contributed by atoms with Crippen LogP contribution in [0.1, 0.15) is 43.1 Å². The maximum Gasteiger partial charge on any atom is 0.249 e. The molecule has 0 aliphatic heterocycles. The number of aromatic nitrogens is 2. The van der Waals surface area contributed by atoms with Crippen molar-refractivity contribution in [1.29, 1.82) is 0 Å². The lowest BCUT2D eigenvalue weighted by Gasteiger charge is -2.13. The summed E-state index contributed by atoms with van der Waals surface area (Å²) in [7, 11) is 0. The van der Waals surface area contributed by atoms with Crippen LogP contribution in [-0.4, -0.2) is 22.0 Å². The highest BCUT2D eigenvalue weighted by molar-refractivity contribution is 6.31. The number of aryl methyl sites for hydroxylation is 2. The summed E-state index contributed by atoms with van der Waals surface area (Å²) in [6, 6.07) is 4.75. The summed E-state index contributed by atoms with van der Waals surface area (Å²) in [6.07, 6.45) is 0.262. The van der Waals surface area contributed by atoms with E-state index in [2.05, 4.69) is 20.8 Å². The van der Waals surface area contributed by atoms with Gasteiger partial charge in [-0.1, -0.05) is 29.7 Å². The summed E-state index contributed by atoms with van der Waals surface area (Å²) in [5.41, 5.74) is 1.45. The van der Waals surface area contributed by atoms with Crippen molar-refractivity contribution in [3.05, 3.63) is 40.5 Å². The maximum atomic E-state index is 12.0. The molecule has 0 saturated carbocycles. The summed E-state index contributed by atoms with van der Waals surface area (Å²) < 4.78 is 5.05. The first-order valence-electron chi connectivity index (χ1n) is 7.54. The van der Waals surface area contributed by atoms with Gasteiger partial charge in [0.25, 0.3) is 0 Å². The Bertz CT molecular complexity index is 745. The predicted octanol–water partition coefficient (Wildman–Crippen LogP) is 2.94. The number of carbonyl (C=O) groups is 2. The minimum absolute atomic E-state index is 0.310. The molecule has 0 fully saturated rings. The number of rotatable bonds is 6. The van der Waals surface area contributed by atoms with Crippen LogP contribution in [0.15, 0.2) is 22.7 Å². The van der Waals surface area contributed by atoms with Crippen molar-refractivity contribution >= 4 is 29.1 Å². The first-order chi connectivity index (χ1) is 11.4. The molecule has 0 spiro atoms. The van der Waals surface area contributed by atoms with Gasteiger partial charge in [-0.25, -0.2) is 0 Å². The number of nitrogens with zero attached hydrogens (tertiary/aromatic N) is 2.